The SMILES string of the molecule is COc1ccc(C(=O)NC(=S)Nc2ccc(N3CCN(C)CC3)cc2)cc1[N+](=O)[O-].Cl. The summed E-state index contributed by atoms with van der Waals surface area (Å²) in [7, 11) is 3.44. The topological polar surface area (TPSA) is 100.0 Å². The summed E-state index contributed by atoms with van der Waals surface area (Å²) in [6.07, 6.45) is 0. The number of nitrogens with one attached hydrogen (secondary N) is 2. The number of amides is 1. The third kappa shape index (κ3) is 6.27. The number of piperazine rings is 1. The largest absolute Gasteiger partial charge is 0.490 e. The number of halogens is 1. The summed E-state index contributed by atoms with van der Waals surface area (Å²) < 4.78 is 4.94. The number of thiocarbonyl (C=S) groups is 1. The Morgan fingerprint density at radius 2 is 1.77 bits per heavy atom. The van der Waals surface area contributed by atoms with Gasteiger partial charge in [0.05, 0.1) is 12.0 Å². The van der Waals surface area contributed by atoms with Crippen LogP contribution in [0.5, 0.6) is 5.75 Å². The first kappa shape index (κ1) is 24.3. The van der Waals surface area contributed by atoms with Crippen LogP contribution in [0.2, 0.25) is 0 Å². The Labute approximate surface area is 191 Å². The molecule has 0 bridgehead atoms. The summed E-state index contributed by atoms with van der Waals surface area (Å²) >= 11 is 5.20. The summed E-state index contributed by atoms with van der Waals surface area (Å²) in [6, 6.07) is 11.8. The average Bonchev–Trinajstić information content (AvgIpc) is 2.74. The van der Waals surface area contributed by atoms with Gasteiger partial charge in [0, 0.05) is 49.2 Å². The van der Waals surface area contributed by atoms with Crippen molar-refractivity contribution in [2.24, 2.45) is 0 Å². The number of nitro groups is 1. The second-order valence-electron chi connectivity index (χ2n) is 6.89. The maximum atomic E-state index is 12.4. The van der Waals surface area contributed by atoms with Crippen molar-refractivity contribution >= 4 is 52.7 Å². The minimum absolute atomic E-state index is 0. The lowest BCUT2D eigenvalue weighted by Gasteiger charge is -2.34. The number of methoxy groups -OCH3 is 1. The highest BCUT2D eigenvalue weighted by molar-refractivity contribution is 7.80. The third-order valence-corrected chi connectivity index (χ3v) is 5.06. The number of hydrogen-bond acceptors (Lipinski definition) is 7. The minimum atomic E-state index is -0.603. The Bertz CT molecular complexity index is 949. The predicted octanol–water partition coefficient (Wildman–Crippen LogP) is 2.90. The summed E-state index contributed by atoms with van der Waals surface area (Å²) in [4.78, 5) is 27.5. The van der Waals surface area contributed by atoms with Crippen LogP contribution in [0.3, 0.4) is 0 Å². The van der Waals surface area contributed by atoms with Crippen LogP contribution in [0.25, 0.3) is 0 Å². The number of nitrogens with zero attached hydrogens (tertiary/aromatic N) is 3. The monoisotopic (exact) mass is 465 g/mol. The van der Waals surface area contributed by atoms with Gasteiger partial charge in [0.15, 0.2) is 10.9 Å². The van der Waals surface area contributed by atoms with E-state index in [0.29, 0.717) is 0 Å². The van der Waals surface area contributed by atoms with Crippen LogP contribution >= 0.6 is 24.6 Å². The summed E-state index contributed by atoms with van der Waals surface area (Å²) in [5.41, 5.74) is 1.69. The fourth-order valence-corrected chi connectivity index (χ4v) is 3.34. The quantitative estimate of drug-likeness (QED) is 0.395. The molecule has 0 unspecified atom stereocenters. The molecule has 0 spiro atoms. The number of ether oxygens (including phenoxy) is 1. The van der Waals surface area contributed by atoms with E-state index in [4.69, 9.17) is 17.0 Å². The maximum absolute atomic E-state index is 12.4. The normalized spacial score (nSPS) is 13.7. The molecule has 1 fully saturated rings. The second kappa shape index (κ2) is 10.9. The Hall–Kier alpha value is -2.95. The number of rotatable bonds is 5. The van der Waals surface area contributed by atoms with Gasteiger partial charge in [0.25, 0.3) is 5.91 Å². The van der Waals surface area contributed by atoms with E-state index in [9.17, 15) is 14.9 Å². The van der Waals surface area contributed by atoms with Gasteiger partial charge in [-0.1, -0.05) is 0 Å². The molecule has 11 heteroatoms. The highest BCUT2D eigenvalue weighted by atomic mass is 35.5. The molecule has 1 amide bonds. The number of benzene rings is 2. The number of carbonyl (C=O) groups is 1. The van der Waals surface area contributed by atoms with E-state index < -0.39 is 10.8 Å². The molecule has 1 heterocycles. The van der Waals surface area contributed by atoms with Crippen LogP contribution in [0, 0.1) is 10.1 Å². The third-order valence-electron chi connectivity index (χ3n) is 4.86. The molecule has 31 heavy (non-hydrogen) atoms. The van der Waals surface area contributed by atoms with Crippen LogP contribution < -0.4 is 20.3 Å². The van der Waals surface area contributed by atoms with Crippen molar-refractivity contribution in [1.82, 2.24) is 10.2 Å². The lowest BCUT2D eigenvalue weighted by molar-refractivity contribution is -0.385. The first-order valence-corrected chi connectivity index (χ1v) is 9.76. The van der Waals surface area contributed by atoms with Crippen LogP contribution in [0.1, 0.15) is 10.4 Å². The second-order valence-corrected chi connectivity index (χ2v) is 7.30. The van der Waals surface area contributed by atoms with E-state index in [1.807, 2.05) is 24.3 Å². The number of likely N-dealkylation sites (N-methyl/N-ethyl adjacent to an activating group) is 1. The molecule has 1 saturated heterocycles. The zero-order valence-electron chi connectivity index (χ0n) is 17.2. The van der Waals surface area contributed by atoms with Gasteiger partial charge in [-0.3, -0.25) is 20.2 Å². The molecule has 0 radical (unpaired) electrons. The van der Waals surface area contributed by atoms with E-state index in [1.54, 1.807) is 0 Å². The molecular formula is C20H24ClN5O4S. The van der Waals surface area contributed by atoms with E-state index >= 15 is 0 Å². The van der Waals surface area contributed by atoms with Gasteiger partial charge in [0.2, 0.25) is 0 Å². The lowest BCUT2D eigenvalue weighted by Crippen LogP contribution is -2.44. The van der Waals surface area contributed by atoms with Gasteiger partial charge < -0.3 is 19.9 Å². The average molecular weight is 466 g/mol. The van der Waals surface area contributed by atoms with Gasteiger partial charge in [-0.25, -0.2) is 0 Å². The van der Waals surface area contributed by atoms with E-state index in [0.717, 1.165) is 43.6 Å². The molecule has 2 N–H and O–H groups in total. The van der Waals surface area contributed by atoms with Crippen molar-refractivity contribution in [3.05, 3.63) is 58.1 Å². The molecular weight excluding hydrogens is 442 g/mol. The predicted molar refractivity (Wildman–Crippen MR) is 127 cm³/mol. The fraction of sp³-hybridized carbons (Fsp3) is 0.300. The Kier molecular flexibility index (Phi) is 8.55. The van der Waals surface area contributed by atoms with E-state index in [1.165, 1.54) is 19.2 Å². The van der Waals surface area contributed by atoms with Crippen molar-refractivity contribution in [2.45, 2.75) is 0 Å². The van der Waals surface area contributed by atoms with Crippen molar-refractivity contribution in [3.8, 4) is 5.75 Å². The highest BCUT2D eigenvalue weighted by Gasteiger charge is 2.19. The van der Waals surface area contributed by atoms with Crippen molar-refractivity contribution in [3.63, 3.8) is 0 Å². The molecule has 1 aliphatic heterocycles. The number of hydrogen-bond donors (Lipinski definition) is 2. The maximum Gasteiger partial charge on any atom is 0.311 e. The molecule has 9 nitrogen and oxygen atoms in total. The van der Waals surface area contributed by atoms with Gasteiger partial charge in [-0.05, 0) is 55.7 Å². The van der Waals surface area contributed by atoms with Crippen LogP contribution in [-0.2, 0) is 0 Å². The number of anilines is 2. The molecule has 0 aromatic heterocycles. The summed E-state index contributed by atoms with van der Waals surface area (Å²) in [5.74, 6) is -0.468. The smallest absolute Gasteiger partial charge is 0.311 e. The number of carbonyl (C=O) groups excluding carboxylic acids is 1. The van der Waals surface area contributed by atoms with E-state index in [-0.39, 0.29) is 34.5 Å². The summed E-state index contributed by atoms with van der Waals surface area (Å²) in [6.45, 7) is 4.01. The molecule has 0 atom stereocenters. The van der Waals surface area contributed by atoms with Gasteiger partial charge in [-0.15, -0.1) is 12.4 Å². The highest BCUT2D eigenvalue weighted by Crippen LogP contribution is 2.27. The Balaban J connectivity index is 0.00000341. The standard InChI is InChI=1S/C20H23N5O4S.ClH/c1-23-9-11-24(12-10-23)16-6-4-15(5-7-16)21-20(30)22-19(26)14-3-8-18(29-2)17(13-14)25(27)28;/h3-8,13H,9-12H2,1-2H3,(H2,21,22,26,30);1H. The zero-order valence-corrected chi connectivity index (χ0v) is 18.8. The molecule has 2 aromatic rings. The van der Waals surface area contributed by atoms with Gasteiger partial charge in [0.1, 0.15) is 0 Å². The van der Waals surface area contributed by atoms with E-state index in [2.05, 4.69) is 27.5 Å². The molecule has 166 valence electrons. The van der Waals surface area contributed by atoms with Crippen LogP contribution in [-0.4, -0.2) is 61.2 Å². The minimum Gasteiger partial charge on any atom is -0.490 e. The van der Waals surface area contributed by atoms with Crippen molar-refractivity contribution < 1.29 is 14.5 Å². The molecule has 3 rings (SSSR count). The first-order chi connectivity index (χ1) is 14.4. The zero-order chi connectivity index (χ0) is 21.7. The first-order valence-electron chi connectivity index (χ1n) is 9.35. The molecule has 0 saturated carbocycles. The molecule has 2 aromatic carbocycles. The van der Waals surface area contributed by atoms with Crippen LogP contribution in [0.15, 0.2) is 42.5 Å². The van der Waals surface area contributed by atoms with Gasteiger partial charge in [-0.2, -0.15) is 0 Å². The van der Waals surface area contributed by atoms with Crippen LogP contribution in [0.4, 0.5) is 17.1 Å². The number of nitro benzene ring substituents is 1. The molecule has 1 aliphatic rings. The summed E-state index contributed by atoms with van der Waals surface area (Å²) in [5, 5.41) is 16.7. The Morgan fingerprint density at radius 1 is 1.13 bits per heavy atom. The Morgan fingerprint density at radius 3 is 2.35 bits per heavy atom. The van der Waals surface area contributed by atoms with Crippen molar-refractivity contribution in [2.75, 3.05) is 50.6 Å². The molecule has 0 aliphatic carbocycles. The fourth-order valence-electron chi connectivity index (χ4n) is 3.13. The lowest BCUT2D eigenvalue weighted by atomic mass is 10.1. The van der Waals surface area contributed by atoms with Crippen molar-refractivity contribution in [1.29, 1.82) is 0 Å². The van der Waals surface area contributed by atoms with Gasteiger partial charge >= 0.3 is 5.69 Å².